The lowest BCUT2D eigenvalue weighted by atomic mass is 9.98. The van der Waals surface area contributed by atoms with Gasteiger partial charge in [0.15, 0.2) is 0 Å². The van der Waals surface area contributed by atoms with Crippen LogP contribution in [0, 0.1) is 20.8 Å². The molecule has 0 radical (unpaired) electrons. The first kappa shape index (κ1) is 25.0. The Kier molecular flexibility index (Phi) is 7.31. The minimum Gasteiger partial charge on any atom is -0.478 e. The average molecular weight is 531 g/mol. The summed E-state index contributed by atoms with van der Waals surface area (Å²) in [4.78, 5) is 20.7. The first-order valence-electron chi connectivity index (χ1n) is 10.8. The van der Waals surface area contributed by atoms with Crippen molar-refractivity contribution >= 4 is 46.6 Å². The monoisotopic (exact) mass is 529 g/mol. The molecule has 10 heteroatoms. The summed E-state index contributed by atoms with van der Waals surface area (Å²) in [6.45, 7) is 6.02. The van der Waals surface area contributed by atoms with Crippen molar-refractivity contribution < 1.29 is 9.90 Å². The molecular formula is C25H22Cl3N5O2. The Labute approximate surface area is 217 Å². The zero-order valence-electron chi connectivity index (χ0n) is 19.2. The number of carbonyl (C=O) groups is 1. The number of carboxylic acids is 1. The minimum absolute atomic E-state index is 0.168. The fraction of sp³-hybridized carbons (Fsp3) is 0.200. The minimum atomic E-state index is -1.03. The number of aromatic carboxylic acids is 1. The lowest BCUT2D eigenvalue weighted by Gasteiger charge is -2.15. The Bertz CT molecular complexity index is 1440. The maximum absolute atomic E-state index is 12.1. The maximum atomic E-state index is 12.1. The number of halogens is 3. The molecule has 2 aromatic carbocycles. The molecule has 7 nitrogen and oxygen atoms in total. The SMILES string of the molecule is Cc1ccc(C(=O)O)c(-c2c(CCNc3nc(C)nc(C)c3Cl)cnn2-c2ccc(Cl)cc2Cl)c1. The van der Waals surface area contributed by atoms with Gasteiger partial charge in [0.25, 0.3) is 0 Å². The van der Waals surface area contributed by atoms with E-state index in [1.54, 1.807) is 48.1 Å². The van der Waals surface area contributed by atoms with Crippen LogP contribution in [0.4, 0.5) is 5.82 Å². The highest BCUT2D eigenvalue weighted by atomic mass is 35.5. The van der Waals surface area contributed by atoms with Crippen LogP contribution >= 0.6 is 34.8 Å². The number of nitrogens with one attached hydrogen (secondary N) is 1. The molecule has 0 spiro atoms. The van der Waals surface area contributed by atoms with E-state index in [9.17, 15) is 9.90 Å². The number of hydrogen-bond donors (Lipinski definition) is 2. The van der Waals surface area contributed by atoms with Gasteiger partial charge < -0.3 is 10.4 Å². The van der Waals surface area contributed by atoms with Crippen LogP contribution in [0.25, 0.3) is 16.9 Å². The number of aryl methyl sites for hydroxylation is 3. The molecule has 0 saturated carbocycles. The van der Waals surface area contributed by atoms with E-state index >= 15 is 0 Å². The summed E-state index contributed by atoms with van der Waals surface area (Å²) >= 11 is 19.0. The zero-order valence-corrected chi connectivity index (χ0v) is 21.5. The average Bonchev–Trinajstić information content (AvgIpc) is 3.20. The van der Waals surface area contributed by atoms with Crippen LogP contribution in [0.1, 0.15) is 33.0 Å². The van der Waals surface area contributed by atoms with Gasteiger partial charge in [0.2, 0.25) is 0 Å². The van der Waals surface area contributed by atoms with Gasteiger partial charge in [-0.05, 0) is 57.5 Å². The van der Waals surface area contributed by atoms with Gasteiger partial charge in [-0.25, -0.2) is 19.4 Å². The maximum Gasteiger partial charge on any atom is 0.336 e. The van der Waals surface area contributed by atoms with Crippen LogP contribution in [0.2, 0.25) is 15.1 Å². The number of nitrogens with zero attached hydrogens (tertiary/aromatic N) is 4. The van der Waals surface area contributed by atoms with Crippen LogP contribution in [-0.4, -0.2) is 37.4 Å². The zero-order chi connectivity index (χ0) is 25.3. The van der Waals surface area contributed by atoms with E-state index in [0.29, 0.717) is 62.3 Å². The van der Waals surface area contributed by atoms with Crippen molar-refractivity contribution in [2.24, 2.45) is 0 Å². The lowest BCUT2D eigenvalue weighted by molar-refractivity contribution is 0.0697. The number of hydrogen-bond acceptors (Lipinski definition) is 5. The highest BCUT2D eigenvalue weighted by molar-refractivity contribution is 6.35. The van der Waals surface area contributed by atoms with Crippen LogP contribution < -0.4 is 5.32 Å². The first-order valence-corrected chi connectivity index (χ1v) is 11.9. The third-order valence-electron chi connectivity index (χ3n) is 5.46. The van der Waals surface area contributed by atoms with Crippen molar-refractivity contribution in [1.82, 2.24) is 19.7 Å². The van der Waals surface area contributed by atoms with E-state index in [2.05, 4.69) is 20.4 Å². The van der Waals surface area contributed by atoms with Crippen molar-refractivity contribution in [3.8, 4) is 16.9 Å². The second-order valence-corrected chi connectivity index (χ2v) is 9.30. The number of benzene rings is 2. The molecule has 2 N–H and O–H groups in total. The van der Waals surface area contributed by atoms with Gasteiger partial charge in [-0.3, -0.25) is 0 Å². The van der Waals surface area contributed by atoms with Gasteiger partial charge in [-0.1, -0.05) is 46.4 Å². The summed E-state index contributed by atoms with van der Waals surface area (Å²) in [5, 5.41) is 19.1. The summed E-state index contributed by atoms with van der Waals surface area (Å²) in [5.74, 6) is 0.136. The van der Waals surface area contributed by atoms with Crippen LogP contribution in [0.5, 0.6) is 0 Å². The number of aromatic nitrogens is 4. The quantitative estimate of drug-likeness (QED) is 0.281. The van der Waals surface area contributed by atoms with Crippen molar-refractivity contribution in [2.45, 2.75) is 27.2 Å². The molecule has 180 valence electrons. The van der Waals surface area contributed by atoms with E-state index < -0.39 is 5.97 Å². The normalized spacial score (nSPS) is 11.0. The molecule has 4 aromatic rings. The second kappa shape index (κ2) is 10.2. The highest BCUT2D eigenvalue weighted by Gasteiger charge is 2.22. The van der Waals surface area contributed by atoms with Crippen LogP contribution in [-0.2, 0) is 6.42 Å². The van der Waals surface area contributed by atoms with Crippen molar-refractivity contribution in [3.63, 3.8) is 0 Å². The van der Waals surface area contributed by atoms with E-state index in [0.717, 1.165) is 11.1 Å². The number of carboxylic acid groups (broad SMARTS) is 1. The molecule has 4 rings (SSSR count). The summed E-state index contributed by atoms with van der Waals surface area (Å²) in [6, 6.07) is 10.3. The highest BCUT2D eigenvalue weighted by Crippen LogP contribution is 2.34. The molecule has 0 saturated heterocycles. The topological polar surface area (TPSA) is 92.9 Å². The summed E-state index contributed by atoms with van der Waals surface area (Å²) in [7, 11) is 0. The predicted molar refractivity (Wildman–Crippen MR) is 139 cm³/mol. The Hall–Kier alpha value is -3.13. The third kappa shape index (κ3) is 5.27. The van der Waals surface area contributed by atoms with Gasteiger partial charge in [0, 0.05) is 22.7 Å². The largest absolute Gasteiger partial charge is 0.478 e. The van der Waals surface area contributed by atoms with Crippen LogP contribution in [0.3, 0.4) is 0 Å². The van der Waals surface area contributed by atoms with Crippen molar-refractivity contribution in [2.75, 3.05) is 11.9 Å². The smallest absolute Gasteiger partial charge is 0.336 e. The van der Waals surface area contributed by atoms with E-state index in [1.165, 1.54) is 0 Å². The molecule has 0 amide bonds. The Morgan fingerprint density at radius 2 is 1.83 bits per heavy atom. The van der Waals surface area contributed by atoms with Gasteiger partial charge in [0.05, 0.1) is 33.9 Å². The Morgan fingerprint density at radius 3 is 2.54 bits per heavy atom. The molecule has 0 fully saturated rings. The molecule has 0 bridgehead atoms. The molecule has 0 aliphatic carbocycles. The molecule has 0 aliphatic rings. The van der Waals surface area contributed by atoms with Gasteiger partial charge in [-0.15, -0.1) is 0 Å². The summed E-state index contributed by atoms with van der Waals surface area (Å²) < 4.78 is 1.65. The molecule has 0 unspecified atom stereocenters. The fourth-order valence-electron chi connectivity index (χ4n) is 3.86. The summed E-state index contributed by atoms with van der Waals surface area (Å²) in [5.41, 5.74) is 4.38. The van der Waals surface area contributed by atoms with Crippen molar-refractivity contribution in [3.05, 3.63) is 85.9 Å². The molecular weight excluding hydrogens is 509 g/mol. The van der Waals surface area contributed by atoms with E-state index in [4.69, 9.17) is 34.8 Å². The second-order valence-electron chi connectivity index (χ2n) is 8.08. The van der Waals surface area contributed by atoms with E-state index in [1.807, 2.05) is 19.9 Å². The van der Waals surface area contributed by atoms with Gasteiger partial charge in [-0.2, -0.15) is 5.10 Å². The third-order valence-corrected chi connectivity index (χ3v) is 6.45. The lowest BCUT2D eigenvalue weighted by Crippen LogP contribution is -2.10. The van der Waals surface area contributed by atoms with E-state index in [-0.39, 0.29) is 5.56 Å². The standard InChI is InChI=1S/C25H22Cl3N5O2/c1-13-4-6-18(25(34)35)19(10-13)23-16(8-9-29-24-22(28)14(2)31-15(3)32-24)12-30-33(23)21-7-5-17(26)11-20(21)27/h4-7,10-12H,8-9H2,1-3H3,(H,34,35)(H,29,31,32). The number of rotatable bonds is 7. The Balaban J connectivity index is 1.78. The number of anilines is 1. The molecule has 2 aromatic heterocycles. The Morgan fingerprint density at radius 1 is 1.06 bits per heavy atom. The van der Waals surface area contributed by atoms with Crippen molar-refractivity contribution in [1.29, 1.82) is 0 Å². The molecule has 35 heavy (non-hydrogen) atoms. The fourth-order valence-corrected chi connectivity index (χ4v) is 4.50. The first-order chi connectivity index (χ1) is 16.7. The molecule has 2 heterocycles. The molecule has 0 aliphatic heterocycles. The van der Waals surface area contributed by atoms with Gasteiger partial charge >= 0.3 is 5.97 Å². The molecule has 0 atom stereocenters. The summed E-state index contributed by atoms with van der Waals surface area (Å²) in [6.07, 6.45) is 2.24. The van der Waals surface area contributed by atoms with Gasteiger partial charge in [0.1, 0.15) is 16.7 Å². The predicted octanol–water partition coefficient (Wildman–Crippen LogP) is 6.57. The van der Waals surface area contributed by atoms with Crippen LogP contribution in [0.15, 0.2) is 42.6 Å².